The van der Waals surface area contributed by atoms with Crippen molar-refractivity contribution in [3.63, 3.8) is 0 Å². The fourth-order valence-corrected chi connectivity index (χ4v) is 5.17. The predicted molar refractivity (Wildman–Crippen MR) is 175 cm³/mol. The molecule has 0 radical (unpaired) electrons. The van der Waals surface area contributed by atoms with Gasteiger partial charge in [-0.05, 0) is 69.5 Å². The molecule has 0 atom stereocenters. The summed E-state index contributed by atoms with van der Waals surface area (Å²) in [5, 5.41) is 14.9. The van der Waals surface area contributed by atoms with Crippen molar-refractivity contribution in [1.82, 2.24) is 0 Å². The minimum absolute atomic E-state index is 0.234. The summed E-state index contributed by atoms with van der Waals surface area (Å²) in [6.07, 6.45) is 13.5. The Balaban J connectivity index is 0.00000452. The monoisotopic (exact) mass is 601 g/mol. The van der Waals surface area contributed by atoms with Gasteiger partial charge in [-0.2, -0.15) is 0 Å². The van der Waals surface area contributed by atoms with Crippen LogP contribution < -0.4 is 10.1 Å². The molecule has 0 fully saturated rings. The average Bonchev–Trinajstić information content (AvgIpc) is 3.05. The summed E-state index contributed by atoms with van der Waals surface area (Å²) >= 11 is 0. The van der Waals surface area contributed by atoms with Crippen LogP contribution in [0.25, 0.3) is 0 Å². The van der Waals surface area contributed by atoms with Crippen molar-refractivity contribution >= 4 is 17.6 Å². The maximum atomic E-state index is 13.0. The van der Waals surface area contributed by atoms with Gasteiger partial charge >= 0.3 is 5.97 Å². The molecule has 0 spiro atoms. The number of anilines is 1. The van der Waals surface area contributed by atoms with E-state index in [0.717, 1.165) is 43.5 Å². The normalized spacial score (nSPS) is 10.9. The summed E-state index contributed by atoms with van der Waals surface area (Å²) < 4.78 is 12.6. The van der Waals surface area contributed by atoms with E-state index >= 15 is 0 Å². The van der Waals surface area contributed by atoms with E-state index in [2.05, 4.69) is 33.0 Å². The molecule has 0 unspecified atom stereocenters. The fourth-order valence-electron chi connectivity index (χ4n) is 5.17. The van der Waals surface area contributed by atoms with E-state index in [-0.39, 0.29) is 11.9 Å². The predicted octanol–water partition coefficient (Wildman–Crippen LogP) is 8.68. The molecule has 0 aliphatic heterocycles. The number of benzene rings is 2. The number of carbonyl (C=O) groups is 2. The van der Waals surface area contributed by atoms with E-state index in [0.29, 0.717) is 35.8 Å². The maximum Gasteiger partial charge on any atom is 0.338 e. The van der Waals surface area contributed by atoms with Gasteiger partial charge in [0.25, 0.3) is 5.91 Å². The summed E-state index contributed by atoms with van der Waals surface area (Å²) in [4.78, 5) is 25.7. The molecule has 3 N–H and O–H groups in total. The van der Waals surface area contributed by atoms with Gasteiger partial charge in [0.1, 0.15) is 18.9 Å². The molecule has 0 aliphatic rings. The molecule has 0 bridgehead atoms. The van der Waals surface area contributed by atoms with Crippen LogP contribution in [-0.2, 0) is 4.74 Å². The highest BCUT2D eigenvalue weighted by molar-refractivity contribution is 6.06. The number of likely N-dealkylation sites (N-methyl/N-ethyl adjacent to an activating group) is 1. The number of nitrogens with one attached hydrogen (secondary N) is 1. The van der Waals surface area contributed by atoms with Crippen LogP contribution in [0.5, 0.6) is 5.75 Å². The molecule has 8 heteroatoms. The van der Waals surface area contributed by atoms with Crippen molar-refractivity contribution in [2.75, 3.05) is 44.7 Å². The number of amides is 1. The molecule has 0 saturated carbocycles. The van der Waals surface area contributed by atoms with Crippen LogP contribution in [0.4, 0.5) is 5.69 Å². The molecule has 0 heterocycles. The Morgan fingerprint density at radius 3 is 1.91 bits per heavy atom. The molecule has 43 heavy (non-hydrogen) atoms. The number of quaternary nitrogens is 1. The summed E-state index contributed by atoms with van der Waals surface area (Å²) in [5.74, 6) is 0.0275. The zero-order valence-electron chi connectivity index (χ0n) is 27.1. The molecule has 0 aromatic heterocycles. The van der Waals surface area contributed by atoms with E-state index in [1.807, 2.05) is 18.2 Å². The lowest BCUT2D eigenvalue weighted by atomic mass is 10.1. The zero-order valence-corrected chi connectivity index (χ0v) is 27.1. The lowest BCUT2D eigenvalue weighted by molar-refractivity contribution is -0.925. The highest BCUT2D eigenvalue weighted by Crippen LogP contribution is 2.21. The molecule has 242 valence electrons. The summed E-state index contributed by atoms with van der Waals surface area (Å²) in [7, 11) is 0. The van der Waals surface area contributed by atoms with E-state index in [4.69, 9.17) is 20.0 Å². The molecule has 1 amide bonds. The number of nitrogens with zero attached hydrogens (tertiary/aromatic N) is 1. The van der Waals surface area contributed by atoms with E-state index in [1.54, 1.807) is 30.3 Å². The number of hydrogen-bond donors (Lipinski definition) is 3. The Kier molecular flexibility index (Phi) is 20.8. The van der Waals surface area contributed by atoms with Gasteiger partial charge in [-0.1, -0.05) is 77.3 Å². The smallest absolute Gasteiger partial charge is 0.338 e. The molecule has 0 aliphatic carbocycles. The topological polar surface area (TPSA) is 105 Å². The number of hydrogen-bond acceptors (Lipinski definition) is 6. The molecular formula is C35H57N2O6+. The summed E-state index contributed by atoms with van der Waals surface area (Å²) in [6, 6.07) is 14.2. The first kappa shape index (κ1) is 38.1. The Bertz CT molecular complexity index is 1010. The Morgan fingerprint density at radius 2 is 1.28 bits per heavy atom. The maximum absolute atomic E-state index is 13.0. The number of rotatable bonds is 22. The molecule has 2 aromatic carbocycles. The van der Waals surface area contributed by atoms with Crippen molar-refractivity contribution < 1.29 is 34.1 Å². The number of ether oxygens (including phenoxy) is 2. The third kappa shape index (κ3) is 14.9. The third-order valence-electron chi connectivity index (χ3n) is 8.14. The second kappa shape index (κ2) is 23.5. The van der Waals surface area contributed by atoms with Crippen LogP contribution in [0.15, 0.2) is 48.5 Å². The zero-order chi connectivity index (χ0) is 31.8. The largest absolute Gasteiger partial charge is 0.493 e. The van der Waals surface area contributed by atoms with E-state index < -0.39 is 0 Å². The van der Waals surface area contributed by atoms with Crippen molar-refractivity contribution in [3.8, 4) is 5.75 Å². The number of unbranched alkanes of at least 4 members (excludes halogenated alkanes) is 9. The molecule has 8 nitrogen and oxygen atoms in total. The summed E-state index contributed by atoms with van der Waals surface area (Å²) in [5.41, 5.74) is 1.60. The molecule has 0 saturated heterocycles. The SMILES string of the molecule is CCCCCCCCOc1ccccc1C(=O)Nc1ccc(C(=O)OCC[N+](CC)(CC)CCCCCCC)cc1.OO. The van der Waals surface area contributed by atoms with Crippen LogP contribution in [0.1, 0.15) is 119 Å². The van der Waals surface area contributed by atoms with Crippen molar-refractivity contribution in [3.05, 3.63) is 59.7 Å². The van der Waals surface area contributed by atoms with Gasteiger partial charge in [0.2, 0.25) is 0 Å². The minimum Gasteiger partial charge on any atom is -0.493 e. The molecule has 2 rings (SSSR count). The van der Waals surface area contributed by atoms with Crippen LogP contribution in [0.3, 0.4) is 0 Å². The molecule has 2 aromatic rings. The van der Waals surface area contributed by atoms with Crippen LogP contribution in [0, 0.1) is 0 Å². The van der Waals surface area contributed by atoms with E-state index in [9.17, 15) is 9.59 Å². The van der Waals surface area contributed by atoms with Gasteiger partial charge in [0.15, 0.2) is 0 Å². The molecular weight excluding hydrogens is 544 g/mol. The summed E-state index contributed by atoms with van der Waals surface area (Å²) in [6.45, 7) is 14.0. The number of esters is 1. The lowest BCUT2D eigenvalue weighted by Crippen LogP contribution is -2.50. The number of para-hydroxylation sites is 1. The van der Waals surface area contributed by atoms with Gasteiger partial charge in [-0.3, -0.25) is 15.3 Å². The van der Waals surface area contributed by atoms with Crippen LogP contribution in [0.2, 0.25) is 0 Å². The van der Waals surface area contributed by atoms with Gasteiger partial charge in [0.05, 0.1) is 37.4 Å². The lowest BCUT2D eigenvalue weighted by Gasteiger charge is -2.36. The highest BCUT2D eigenvalue weighted by Gasteiger charge is 2.23. The van der Waals surface area contributed by atoms with Crippen LogP contribution >= 0.6 is 0 Å². The second-order valence-corrected chi connectivity index (χ2v) is 11.1. The van der Waals surface area contributed by atoms with E-state index in [1.165, 1.54) is 57.8 Å². The van der Waals surface area contributed by atoms with Gasteiger partial charge in [-0.15, -0.1) is 0 Å². The third-order valence-corrected chi connectivity index (χ3v) is 8.14. The number of carbonyl (C=O) groups excluding carboxylic acids is 2. The standard InChI is InChI=1S/C35H54N2O4.H2O2/c1-5-9-11-13-15-19-28-40-33-21-17-16-20-32(33)34(38)36-31-24-22-30(23-25-31)35(39)41-29-27-37(7-3,8-4)26-18-14-12-10-6-2;1-2/h16-17,20-25H,5-15,18-19,26-29H2,1-4H3;1-2H/p+1. The van der Waals surface area contributed by atoms with Gasteiger partial charge in [-0.25, -0.2) is 4.79 Å². The highest BCUT2D eigenvalue weighted by atomic mass is 17.0. The van der Waals surface area contributed by atoms with Crippen molar-refractivity contribution in [2.45, 2.75) is 98.3 Å². The Morgan fingerprint density at radius 1 is 0.698 bits per heavy atom. The van der Waals surface area contributed by atoms with Gasteiger partial charge in [0, 0.05) is 5.69 Å². The minimum atomic E-state index is -0.329. The first-order valence-corrected chi connectivity index (χ1v) is 16.3. The first-order chi connectivity index (χ1) is 21.0. The second-order valence-electron chi connectivity index (χ2n) is 11.1. The van der Waals surface area contributed by atoms with Gasteiger partial charge < -0.3 is 19.3 Å². The Hall–Kier alpha value is -2.94. The quantitative estimate of drug-likeness (QED) is 0.0410. The fraction of sp³-hybridized carbons (Fsp3) is 0.600. The average molecular weight is 602 g/mol. The Labute approximate surface area is 259 Å². The first-order valence-electron chi connectivity index (χ1n) is 16.3. The van der Waals surface area contributed by atoms with Crippen molar-refractivity contribution in [1.29, 1.82) is 0 Å². The van der Waals surface area contributed by atoms with Crippen molar-refractivity contribution in [2.24, 2.45) is 0 Å². The van der Waals surface area contributed by atoms with Crippen LogP contribution in [-0.4, -0.2) is 66.3 Å².